The van der Waals surface area contributed by atoms with Crippen LogP contribution in [0.25, 0.3) is 0 Å². The Hall–Kier alpha value is -3.62. The van der Waals surface area contributed by atoms with Gasteiger partial charge in [-0.3, -0.25) is 14.9 Å². The van der Waals surface area contributed by atoms with Crippen molar-refractivity contribution < 1.29 is 24.0 Å². The van der Waals surface area contributed by atoms with Crippen molar-refractivity contribution in [2.45, 2.75) is 38.5 Å². The summed E-state index contributed by atoms with van der Waals surface area (Å²) < 4.78 is 10.3. The van der Waals surface area contributed by atoms with Gasteiger partial charge in [0.2, 0.25) is 0 Å². The van der Waals surface area contributed by atoms with Gasteiger partial charge < -0.3 is 20.1 Å². The van der Waals surface area contributed by atoms with Crippen LogP contribution in [-0.4, -0.2) is 36.1 Å². The molecule has 0 spiro atoms. The van der Waals surface area contributed by atoms with Crippen molar-refractivity contribution in [3.8, 4) is 5.75 Å². The smallest absolute Gasteiger partial charge is 0.339 e. The molecular formula is C21H23N3O6. The molecule has 0 radical (unpaired) electrons. The molecule has 1 saturated carbocycles. The van der Waals surface area contributed by atoms with Crippen molar-refractivity contribution in [1.82, 2.24) is 5.32 Å². The van der Waals surface area contributed by atoms with E-state index in [9.17, 15) is 19.7 Å². The number of anilines is 1. The summed E-state index contributed by atoms with van der Waals surface area (Å²) in [5.41, 5.74) is 1.03. The second kappa shape index (κ2) is 9.25. The molecule has 0 heterocycles. The molecule has 1 aliphatic carbocycles. The van der Waals surface area contributed by atoms with E-state index in [1.807, 2.05) is 12.1 Å². The summed E-state index contributed by atoms with van der Waals surface area (Å²) in [5, 5.41) is 17.1. The predicted octanol–water partition coefficient (Wildman–Crippen LogP) is 3.04. The van der Waals surface area contributed by atoms with Crippen molar-refractivity contribution >= 4 is 23.3 Å². The summed E-state index contributed by atoms with van der Waals surface area (Å²) in [6, 6.07) is 11.5. The first-order valence-corrected chi connectivity index (χ1v) is 9.54. The number of carbonyl (C=O) groups excluding carboxylic acids is 2. The summed E-state index contributed by atoms with van der Waals surface area (Å²) in [5.74, 6) is -0.566. The summed E-state index contributed by atoms with van der Waals surface area (Å²) >= 11 is 0. The second-order valence-corrected chi connectivity index (χ2v) is 7.02. The number of nitro benzene ring substituents is 1. The van der Waals surface area contributed by atoms with Crippen molar-refractivity contribution in [3.63, 3.8) is 0 Å². The Morgan fingerprint density at radius 2 is 1.90 bits per heavy atom. The number of nitro groups is 1. The molecule has 9 nitrogen and oxygen atoms in total. The predicted molar refractivity (Wildman–Crippen MR) is 109 cm³/mol. The van der Waals surface area contributed by atoms with Gasteiger partial charge in [0.1, 0.15) is 11.4 Å². The average molecular weight is 413 g/mol. The Morgan fingerprint density at radius 3 is 2.50 bits per heavy atom. The molecule has 0 aromatic heterocycles. The van der Waals surface area contributed by atoms with Crippen LogP contribution in [0.3, 0.4) is 0 Å². The third kappa shape index (κ3) is 5.47. The highest BCUT2D eigenvalue weighted by atomic mass is 16.6. The van der Waals surface area contributed by atoms with E-state index in [0.717, 1.165) is 24.5 Å². The third-order valence-electron chi connectivity index (χ3n) is 4.65. The maximum Gasteiger partial charge on any atom is 0.339 e. The Kier molecular flexibility index (Phi) is 6.51. The van der Waals surface area contributed by atoms with Crippen molar-refractivity contribution in [2.24, 2.45) is 0 Å². The van der Waals surface area contributed by atoms with Crippen molar-refractivity contribution in [2.75, 3.05) is 12.4 Å². The SMILES string of the molecule is COc1ccc(CNC(=O)[C@H](C)OC(=O)c2ccc(NC3CC3)c([N+](=O)[O-])c2)cc1. The van der Waals surface area contributed by atoms with Crippen LogP contribution in [0, 0.1) is 10.1 Å². The lowest BCUT2D eigenvalue weighted by molar-refractivity contribution is -0.384. The zero-order valence-corrected chi connectivity index (χ0v) is 16.7. The minimum absolute atomic E-state index is 0.0119. The van der Waals surface area contributed by atoms with Gasteiger partial charge in [0.05, 0.1) is 17.6 Å². The molecule has 0 unspecified atom stereocenters. The van der Waals surface area contributed by atoms with E-state index in [2.05, 4.69) is 10.6 Å². The molecule has 1 amide bonds. The van der Waals surface area contributed by atoms with Crippen LogP contribution < -0.4 is 15.4 Å². The summed E-state index contributed by atoms with van der Waals surface area (Å²) in [4.78, 5) is 35.4. The largest absolute Gasteiger partial charge is 0.497 e. The quantitative estimate of drug-likeness (QED) is 0.368. The van der Waals surface area contributed by atoms with E-state index in [4.69, 9.17) is 9.47 Å². The number of carbonyl (C=O) groups is 2. The number of nitrogens with one attached hydrogen (secondary N) is 2. The summed E-state index contributed by atoms with van der Waals surface area (Å²) in [7, 11) is 1.57. The molecular weight excluding hydrogens is 390 g/mol. The molecule has 158 valence electrons. The fourth-order valence-electron chi connectivity index (χ4n) is 2.74. The van der Waals surface area contributed by atoms with Crippen molar-refractivity contribution in [1.29, 1.82) is 0 Å². The van der Waals surface area contributed by atoms with E-state index in [1.165, 1.54) is 19.1 Å². The van der Waals surface area contributed by atoms with Gasteiger partial charge in [-0.05, 0) is 49.6 Å². The monoisotopic (exact) mass is 413 g/mol. The first-order valence-electron chi connectivity index (χ1n) is 9.54. The first kappa shape index (κ1) is 21.1. The van der Waals surface area contributed by atoms with E-state index in [-0.39, 0.29) is 23.8 Å². The number of methoxy groups -OCH3 is 1. The standard InChI is InChI=1S/C21H23N3O6/c1-13(20(25)22-12-14-3-8-17(29-2)9-4-14)30-21(26)15-5-10-18(23-16-6-7-16)19(11-15)24(27)28/h3-5,8-11,13,16,23H,6-7,12H2,1-2H3,(H,22,25)/t13-/m0/s1. The number of nitrogens with zero attached hydrogens (tertiary/aromatic N) is 1. The maximum absolute atomic E-state index is 12.4. The Labute approximate surface area is 173 Å². The lowest BCUT2D eigenvalue weighted by atomic mass is 10.1. The fraction of sp³-hybridized carbons (Fsp3) is 0.333. The third-order valence-corrected chi connectivity index (χ3v) is 4.65. The van der Waals surface area contributed by atoms with Gasteiger partial charge in [-0.2, -0.15) is 0 Å². The van der Waals surface area contributed by atoms with Crippen LogP contribution in [-0.2, 0) is 16.1 Å². The highest BCUT2D eigenvalue weighted by Gasteiger charge is 2.26. The lowest BCUT2D eigenvalue weighted by Crippen LogP contribution is -2.35. The van der Waals surface area contributed by atoms with Gasteiger partial charge in [0.25, 0.3) is 11.6 Å². The molecule has 3 rings (SSSR count). The molecule has 2 aromatic carbocycles. The molecule has 9 heteroatoms. The van der Waals surface area contributed by atoms with Crippen LogP contribution in [0.15, 0.2) is 42.5 Å². The Bertz CT molecular complexity index is 940. The molecule has 1 fully saturated rings. The molecule has 1 atom stereocenters. The number of rotatable bonds is 9. The normalized spacial score (nSPS) is 13.8. The van der Waals surface area contributed by atoms with E-state index in [0.29, 0.717) is 11.4 Å². The number of hydrogen-bond donors (Lipinski definition) is 2. The molecule has 2 N–H and O–H groups in total. The van der Waals surface area contributed by atoms with E-state index >= 15 is 0 Å². The number of hydrogen-bond acceptors (Lipinski definition) is 7. The van der Waals surface area contributed by atoms with Crippen LogP contribution in [0.2, 0.25) is 0 Å². The molecule has 0 aliphatic heterocycles. The zero-order chi connectivity index (χ0) is 21.7. The Morgan fingerprint density at radius 1 is 1.20 bits per heavy atom. The summed E-state index contributed by atoms with van der Waals surface area (Å²) in [6.45, 7) is 1.70. The van der Waals surface area contributed by atoms with Gasteiger partial charge in [0.15, 0.2) is 6.10 Å². The van der Waals surface area contributed by atoms with E-state index < -0.39 is 22.9 Å². The van der Waals surface area contributed by atoms with E-state index in [1.54, 1.807) is 19.2 Å². The number of benzene rings is 2. The number of esters is 1. The zero-order valence-electron chi connectivity index (χ0n) is 16.7. The highest BCUT2D eigenvalue weighted by Crippen LogP contribution is 2.31. The van der Waals surface area contributed by atoms with Crippen molar-refractivity contribution in [3.05, 3.63) is 63.7 Å². The minimum Gasteiger partial charge on any atom is -0.497 e. The topological polar surface area (TPSA) is 120 Å². The molecule has 2 aromatic rings. The fourth-order valence-corrected chi connectivity index (χ4v) is 2.74. The second-order valence-electron chi connectivity index (χ2n) is 7.02. The van der Waals surface area contributed by atoms with Crippen LogP contribution in [0.4, 0.5) is 11.4 Å². The van der Waals surface area contributed by atoms with Crippen LogP contribution >= 0.6 is 0 Å². The van der Waals surface area contributed by atoms with Gasteiger partial charge in [-0.25, -0.2) is 4.79 Å². The van der Waals surface area contributed by atoms with Gasteiger partial charge in [-0.1, -0.05) is 12.1 Å². The Balaban J connectivity index is 1.57. The van der Waals surface area contributed by atoms with Gasteiger partial charge in [-0.15, -0.1) is 0 Å². The number of ether oxygens (including phenoxy) is 2. The van der Waals surface area contributed by atoms with Gasteiger partial charge in [0, 0.05) is 18.7 Å². The lowest BCUT2D eigenvalue weighted by Gasteiger charge is -2.14. The molecule has 30 heavy (non-hydrogen) atoms. The maximum atomic E-state index is 12.4. The number of amides is 1. The average Bonchev–Trinajstić information content (AvgIpc) is 3.56. The van der Waals surface area contributed by atoms with Gasteiger partial charge >= 0.3 is 5.97 Å². The molecule has 0 saturated heterocycles. The first-order chi connectivity index (χ1) is 14.4. The molecule has 1 aliphatic rings. The molecule has 0 bridgehead atoms. The highest BCUT2D eigenvalue weighted by molar-refractivity contribution is 5.93. The van der Waals surface area contributed by atoms with Crippen LogP contribution in [0.1, 0.15) is 35.7 Å². The van der Waals surface area contributed by atoms with Crippen LogP contribution in [0.5, 0.6) is 5.75 Å². The summed E-state index contributed by atoms with van der Waals surface area (Å²) in [6.07, 6.45) is 0.868. The minimum atomic E-state index is -1.06.